The van der Waals surface area contributed by atoms with Crippen molar-refractivity contribution < 1.29 is 23.7 Å². The summed E-state index contributed by atoms with van der Waals surface area (Å²) in [5.41, 5.74) is 4.23. The normalized spacial score (nSPS) is 14.4. The van der Waals surface area contributed by atoms with Crippen LogP contribution in [0.4, 0.5) is 0 Å². The van der Waals surface area contributed by atoms with Gasteiger partial charge in [-0.15, -0.1) is 0 Å². The van der Waals surface area contributed by atoms with Gasteiger partial charge in [-0.05, 0) is 61.6 Å². The number of carboxylic acid groups (broad SMARTS) is 1. The van der Waals surface area contributed by atoms with E-state index in [4.69, 9.17) is 20.6 Å². The number of Topliss-reactive ketones (excluding diaryl/α,β-unsaturated/α-hetero) is 1. The zero-order chi connectivity index (χ0) is 25.1. The van der Waals surface area contributed by atoms with Crippen LogP contribution in [-0.2, 0) is 22.4 Å². The van der Waals surface area contributed by atoms with Gasteiger partial charge in [-0.3, -0.25) is 9.59 Å². The first-order chi connectivity index (χ1) is 16.7. The molecule has 8 heteroatoms. The standard InChI is InChI=1S/C27H31ClN2O5/c1-15(2)10-20-14-23(34-29-20)27-25(17-6-7-17)26(30-35-27)19(8-9-24(32)33)13-21(31)12-18-5-4-16(3)11-22(18)28/h4-5,11,14-15,17,19H,6-10,12-13H2,1-3H3,(H,32,33). The predicted molar refractivity (Wildman–Crippen MR) is 132 cm³/mol. The lowest BCUT2D eigenvalue weighted by Crippen LogP contribution is -2.13. The first-order valence-electron chi connectivity index (χ1n) is 12.1. The van der Waals surface area contributed by atoms with E-state index in [9.17, 15) is 14.7 Å². The topological polar surface area (TPSA) is 106 Å². The number of halogens is 1. The third kappa shape index (κ3) is 6.40. The maximum absolute atomic E-state index is 13.1. The van der Waals surface area contributed by atoms with E-state index in [1.807, 2.05) is 31.2 Å². The van der Waals surface area contributed by atoms with Crippen molar-refractivity contribution in [3.05, 3.63) is 57.4 Å². The van der Waals surface area contributed by atoms with Crippen LogP contribution in [-0.4, -0.2) is 27.2 Å². The van der Waals surface area contributed by atoms with Crippen molar-refractivity contribution >= 4 is 23.4 Å². The number of rotatable bonds is 12. The van der Waals surface area contributed by atoms with Crippen molar-refractivity contribution in [1.29, 1.82) is 0 Å². The Morgan fingerprint density at radius 2 is 1.94 bits per heavy atom. The van der Waals surface area contributed by atoms with Gasteiger partial charge < -0.3 is 14.2 Å². The van der Waals surface area contributed by atoms with Crippen LogP contribution in [0.3, 0.4) is 0 Å². The third-order valence-electron chi connectivity index (χ3n) is 6.31. The molecule has 1 saturated carbocycles. The Labute approximate surface area is 209 Å². The van der Waals surface area contributed by atoms with Crippen LogP contribution >= 0.6 is 11.6 Å². The first kappa shape index (κ1) is 25.2. The zero-order valence-electron chi connectivity index (χ0n) is 20.3. The molecule has 4 rings (SSSR count). The second-order valence-electron chi connectivity index (χ2n) is 10.0. The Kier molecular flexibility index (Phi) is 7.75. The number of aryl methyl sites for hydroxylation is 1. The summed E-state index contributed by atoms with van der Waals surface area (Å²) in [4.78, 5) is 24.4. The Morgan fingerprint density at radius 3 is 2.60 bits per heavy atom. The molecule has 0 bridgehead atoms. The van der Waals surface area contributed by atoms with Gasteiger partial charge >= 0.3 is 5.97 Å². The van der Waals surface area contributed by atoms with E-state index in [-0.39, 0.29) is 36.9 Å². The fourth-order valence-corrected chi connectivity index (χ4v) is 4.77. The van der Waals surface area contributed by atoms with Crippen molar-refractivity contribution in [2.24, 2.45) is 5.92 Å². The van der Waals surface area contributed by atoms with Crippen molar-refractivity contribution in [2.75, 3.05) is 0 Å². The molecule has 1 fully saturated rings. The molecule has 186 valence electrons. The SMILES string of the molecule is Cc1ccc(CC(=O)CC(CCC(=O)O)c2noc(-c3cc(CC(C)C)no3)c2C2CC2)c(Cl)c1. The minimum atomic E-state index is -0.908. The number of aromatic nitrogens is 2. The van der Waals surface area contributed by atoms with Gasteiger partial charge in [0.2, 0.25) is 11.5 Å². The van der Waals surface area contributed by atoms with Crippen molar-refractivity contribution in [2.45, 2.75) is 77.6 Å². The molecule has 0 radical (unpaired) electrons. The summed E-state index contributed by atoms with van der Waals surface area (Å²) in [5.74, 6) is 0.475. The molecule has 0 amide bonds. The highest BCUT2D eigenvalue weighted by Gasteiger charge is 2.37. The summed E-state index contributed by atoms with van der Waals surface area (Å²) in [6, 6.07) is 7.51. The maximum Gasteiger partial charge on any atom is 0.303 e. The molecular weight excluding hydrogens is 468 g/mol. The van der Waals surface area contributed by atoms with E-state index in [0.717, 1.165) is 41.6 Å². The number of carbonyl (C=O) groups excluding carboxylic acids is 1. The van der Waals surface area contributed by atoms with Crippen molar-refractivity contribution in [3.63, 3.8) is 0 Å². The van der Waals surface area contributed by atoms with Gasteiger partial charge in [0.05, 0.1) is 11.4 Å². The Morgan fingerprint density at radius 1 is 1.17 bits per heavy atom. The molecule has 1 aliphatic carbocycles. The molecule has 3 aromatic rings. The summed E-state index contributed by atoms with van der Waals surface area (Å²) in [6.45, 7) is 6.18. The number of aliphatic carboxylic acids is 1. The molecule has 1 N–H and O–H groups in total. The lowest BCUT2D eigenvalue weighted by molar-refractivity contribution is -0.137. The Balaban J connectivity index is 1.60. The van der Waals surface area contributed by atoms with Crippen LogP contribution in [0.15, 0.2) is 33.3 Å². The molecule has 7 nitrogen and oxygen atoms in total. The number of carboxylic acids is 1. The number of hydrogen-bond acceptors (Lipinski definition) is 6. The van der Waals surface area contributed by atoms with E-state index in [2.05, 4.69) is 24.2 Å². The molecule has 2 heterocycles. The van der Waals surface area contributed by atoms with E-state index in [1.165, 1.54) is 0 Å². The maximum atomic E-state index is 13.1. The average Bonchev–Trinajstić information content (AvgIpc) is 3.36. The van der Waals surface area contributed by atoms with Gasteiger partial charge in [0.1, 0.15) is 5.78 Å². The monoisotopic (exact) mass is 498 g/mol. The fraction of sp³-hybridized carbons (Fsp3) is 0.481. The lowest BCUT2D eigenvalue weighted by Gasteiger charge is -2.15. The van der Waals surface area contributed by atoms with Crippen molar-refractivity contribution in [1.82, 2.24) is 10.3 Å². The predicted octanol–water partition coefficient (Wildman–Crippen LogP) is 6.52. The highest BCUT2D eigenvalue weighted by atomic mass is 35.5. The molecule has 1 aliphatic rings. The summed E-state index contributed by atoms with van der Waals surface area (Å²) < 4.78 is 11.3. The molecule has 1 unspecified atom stereocenters. The number of ketones is 1. The second-order valence-corrected chi connectivity index (χ2v) is 10.4. The number of benzene rings is 1. The smallest absolute Gasteiger partial charge is 0.303 e. The van der Waals surface area contributed by atoms with Crippen LogP contribution in [0, 0.1) is 12.8 Å². The van der Waals surface area contributed by atoms with Gasteiger partial charge in [-0.25, -0.2) is 0 Å². The molecule has 2 aromatic heterocycles. The van der Waals surface area contributed by atoms with E-state index in [0.29, 0.717) is 34.6 Å². The minimum absolute atomic E-state index is 0.0173. The largest absolute Gasteiger partial charge is 0.481 e. The summed E-state index contributed by atoms with van der Waals surface area (Å²) in [7, 11) is 0. The molecular formula is C27H31ClN2O5. The lowest BCUT2D eigenvalue weighted by atomic mass is 9.87. The zero-order valence-corrected chi connectivity index (χ0v) is 21.1. The third-order valence-corrected chi connectivity index (χ3v) is 6.66. The highest BCUT2D eigenvalue weighted by molar-refractivity contribution is 6.31. The molecule has 0 aliphatic heterocycles. The van der Waals surface area contributed by atoms with Gasteiger partial charge in [0.25, 0.3) is 0 Å². The Bertz CT molecular complexity index is 1210. The highest BCUT2D eigenvalue weighted by Crippen LogP contribution is 2.49. The van der Waals surface area contributed by atoms with Crippen LogP contribution in [0.25, 0.3) is 11.5 Å². The molecule has 0 spiro atoms. The van der Waals surface area contributed by atoms with Gasteiger partial charge in [0.15, 0.2) is 0 Å². The summed E-state index contributed by atoms with van der Waals surface area (Å²) in [6.07, 6.45) is 3.37. The Hall–Kier alpha value is -2.93. The number of hydrogen-bond donors (Lipinski definition) is 1. The fourth-order valence-electron chi connectivity index (χ4n) is 4.47. The van der Waals surface area contributed by atoms with E-state index in [1.54, 1.807) is 0 Å². The molecule has 1 aromatic carbocycles. The average molecular weight is 499 g/mol. The van der Waals surface area contributed by atoms with Crippen LogP contribution in [0.2, 0.25) is 5.02 Å². The van der Waals surface area contributed by atoms with E-state index < -0.39 is 5.97 Å². The number of carbonyl (C=O) groups is 2. The second kappa shape index (κ2) is 10.8. The van der Waals surface area contributed by atoms with Crippen molar-refractivity contribution in [3.8, 4) is 11.5 Å². The van der Waals surface area contributed by atoms with Gasteiger partial charge in [0, 0.05) is 41.8 Å². The first-order valence-corrected chi connectivity index (χ1v) is 12.5. The van der Waals surface area contributed by atoms with Gasteiger partial charge in [-0.1, -0.05) is 47.9 Å². The molecule has 35 heavy (non-hydrogen) atoms. The van der Waals surface area contributed by atoms with E-state index >= 15 is 0 Å². The van der Waals surface area contributed by atoms with Gasteiger partial charge in [-0.2, -0.15) is 0 Å². The summed E-state index contributed by atoms with van der Waals surface area (Å²) >= 11 is 6.34. The molecule has 1 atom stereocenters. The quantitative estimate of drug-likeness (QED) is 0.303. The van der Waals surface area contributed by atoms with Crippen LogP contribution < -0.4 is 0 Å². The van der Waals surface area contributed by atoms with Crippen LogP contribution in [0.1, 0.15) is 85.9 Å². The molecule has 0 saturated heterocycles. The minimum Gasteiger partial charge on any atom is -0.481 e. The summed E-state index contributed by atoms with van der Waals surface area (Å²) in [5, 5.41) is 18.4. The van der Waals surface area contributed by atoms with Crippen LogP contribution in [0.5, 0.6) is 0 Å². The number of nitrogens with zero attached hydrogens (tertiary/aromatic N) is 2.